The molecule has 1 aliphatic heterocycles. The highest BCUT2D eigenvalue weighted by Crippen LogP contribution is 2.46. The fourth-order valence-electron chi connectivity index (χ4n) is 3.66. The van der Waals surface area contributed by atoms with Gasteiger partial charge in [-0.1, -0.05) is 20.3 Å². The molecule has 0 aromatic heterocycles. The van der Waals surface area contributed by atoms with Crippen molar-refractivity contribution in [2.75, 3.05) is 25.9 Å². The zero-order valence-electron chi connectivity index (χ0n) is 13.2. The van der Waals surface area contributed by atoms with Crippen molar-refractivity contribution >= 4 is 10.0 Å². The zero-order chi connectivity index (χ0) is 14.8. The fourth-order valence-corrected chi connectivity index (χ4v) is 4.60. The highest BCUT2D eigenvalue weighted by atomic mass is 32.2. The lowest BCUT2D eigenvalue weighted by Crippen LogP contribution is -2.46. The van der Waals surface area contributed by atoms with Crippen LogP contribution in [0.2, 0.25) is 0 Å². The Kier molecular flexibility index (Phi) is 5.14. The molecule has 2 rings (SSSR count). The molecule has 1 atom stereocenters. The minimum atomic E-state index is -3.01. The van der Waals surface area contributed by atoms with E-state index in [0.29, 0.717) is 23.9 Å². The van der Waals surface area contributed by atoms with Crippen LogP contribution in [0.3, 0.4) is 0 Å². The molecule has 1 N–H and O–H groups in total. The summed E-state index contributed by atoms with van der Waals surface area (Å²) in [4.78, 5) is 0. The normalized spacial score (nSPS) is 27.5. The predicted molar refractivity (Wildman–Crippen MR) is 83.2 cm³/mol. The van der Waals surface area contributed by atoms with Crippen molar-refractivity contribution in [1.82, 2.24) is 9.62 Å². The van der Waals surface area contributed by atoms with Crippen LogP contribution >= 0.6 is 0 Å². The van der Waals surface area contributed by atoms with Crippen molar-refractivity contribution in [2.24, 2.45) is 11.3 Å². The van der Waals surface area contributed by atoms with Gasteiger partial charge in [-0.25, -0.2) is 12.7 Å². The van der Waals surface area contributed by atoms with Crippen LogP contribution in [0.4, 0.5) is 0 Å². The van der Waals surface area contributed by atoms with Gasteiger partial charge in [0.25, 0.3) is 0 Å². The molecule has 0 amide bonds. The number of rotatable bonds is 6. The lowest BCUT2D eigenvalue weighted by molar-refractivity contribution is 0.0726. The van der Waals surface area contributed by atoms with Gasteiger partial charge >= 0.3 is 0 Å². The Bertz CT molecular complexity index is 416. The first-order chi connectivity index (χ1) is 9.31. The SMILES string of the molecule is CC(C)NCC1(CC2CCCN(S(C)(=O)=O)C2)CCC1. The Hall–Kier alpha value is -0.130. The molecule has 1 unspecified atom stereocenters. The number of nitrogens with zero attached hydrogens (tertiary/aromatic N) is 1. The third-order valence-electron chi connectivity index (χ3n) is 4.97. The number of nitrogens with one attached hydrogen (secondary N) is 1. The van der Waals surface area contributed by atoms with E-state index in [1.165, 1.54) is 38.4 Å². The Morgan fingerprint density at radius 2 is 2.00 bits per heavy atom. The standard InChI is InChI=1S/C15H30N2O2S/c1-13(2)16-12-15(7-5-8-15)10-14-6-4-9-17(11-14)20(3,18)19/h13-14,16H,4-12H2,1-3H3. The van der Waals surface area contributed by atoms with E-state index in [-0.39, 0.29) is 0 Å². The summed E-state index contributed by atoms with van der Waals surface area (Å²) in [6.45, 7) is 6.94. The zero-order valence-corrected chi connectivity index (χ0v) is 14.0. The van der Waals surface area contributed by atoms with Crippen molar-refractivity contribution in [1.29, 1.82) is 0 Å². The van der Waals surface area contributed by atoms with Crippen LogP contribution in [0.15, 0.2) is 0 Å². The third kappa shape index (κ3) is 4.18. The summed E-state index contributed by atoms with van der Waals surface area (Å²) >= 11 is 0. The Morgan fingerprint density at radius 1 is 1.30 bits per heavy atom. The van der Waals surface area contributed by atoms with Gasteiger partial charge in [-0.15, -0.1) is 0 Å². The number of piperidine rings is 1. The van der Waals surface area contributed by atoms with Gasteiger partial charge in [-0.05, 0) is 43.4 Å². The summed E-state index contributed by atoms with van der Waals surface area (Å²) in [6.07, 6.45) is 8.70. The smallest absolute Gasteiger partial charge is 0.211 e. The van der Waals surface area contributed by atoms with E-state index in [4.69, 9.17) is 0 Å². The van der Waals surface area contributed by atoms with Gasteiger partial charge in [-0.2, -0.15) is 0 Å². The number of hydrogen-bond donors (Lipinski definition) is 1. The molecule has 20 heavy (non-hydrogen) atoms. The van der Waals surface area contributed by atoms with Crippen LogP contribution in [0.25, 0.3) is 0 Å². The molecule has 1 saturated carbocycles. The van der Waals surface area contributed by atoms with Crippen LogP contribution < -0.4 is 5.32 Å². The first-order valence-electron chi connectivity index (χ1n) is 7.99. The Morgan fingerprint density at radius 3 is 2.50 bits per heavy atom. The van der Waals surface area contributed by atoms with Crippen LogP contribution in [0, 0.1) is 11.3 Å². The highest BCUT2D eigenvalue weighted by molar-refractivity contribution is 7.88. The maximum atomic E-state index is 11.7. The Balaban J connectivity index is 1.91. The average molecular weight is 302 g/mol. The molecular weight excluding hydrogens is 272 g/mol. The molecule has 0 spiro atoms. The molecule has 1 heterocycles. The van der Waals surface area contributed by atoms with E-state index >= 15 is 0 Å². The third-order valence-corrected chi connectivity index (χ3v) is 6.24. The first kappa shape index (κ1) is 16.2. The van der Waals surface area contributed by atoms with Gasteiger partial charge in [0.15, 0.2) is 0 Å². The molecule has 4 nitrogen and oxygen atoms in total. The largest absolute Gasteiger partial charge is 0.314 e. The molecule has 5 heteroatoms. The minimum absolute atomic E-state index is 0.440. The van der Waals surface area contributed by atoms with Crippen LogP contribution in [-0.2, 0) is 10.0 Å². The minimum Gasteiger partial charge on any atom is -0.314 e. The van der Waals surface area contributed by atoms with Crippen LogP contribution in [0.5, 0.6) is 0 Å². The van der Waals surface area contributed by atoms with Crippen molar-refractivity contribution in [3.63, 3.8) is 0 Å². The molecule has 1 aliphatic carbocycles. The second kappa shape index (κ2) is 6.32. The van der Waals surface area contributed by atoms with Gasteiger partial charge in [0, 0.05) is 25.7 Å². The first-order valence-corrected chi connectivity index (χ1v) is 9.84. The van der Waals surface area contributed by atoms with Gasteiger partial charge in [0.1, 0.15) is 0 Å². The molecule has 0 aromatic rings. The molecule has 0 aromatic carbocycles. The van der Waals surface area contributed by atoms with Crippen molar-refractivity contribution in [2.45, 2.75) is 58.4 Å². The summed E-state index contributed by atoms with van der Waals surface area (Å²) in [5, 5.41) is 3.59. The van der Waals surface area contributed by atoms with E-state index in [2.05, 4.69) is 19.2 Å². The quantitative estimate of drug-likeness (QED) is 0.818. The molecular formula is C15H30N2O2S. The molecule has 2 fully saturated rings. The van der Waals surface area contributed by atoms with E-state index < -0.39 is 10.0 Å². The fraction of sp³-hybridized carbons (Fsp3) is 1.00. The van der Waals surface area contributed by atoms with E-state index in [0.717, 1.165) is 19.5 Å². The molecule has 1 saturated heterocycles. The molecule has 2 aliphatic rings. The average Bonchev–Trinajstić information content (AvgIpc) is 2.31. The molecule has 0 bridgehead atoms. The van der Waals surface area contributed by atoms with Gasteiger partial charge < -0.3 is 5.32 Å². The second-order valence-corrected chi connectivity index (χ2v) is 9.20. The summed E-state index contributed by atoms with van der Waals surface area (Å²) in [5.74, 6) is 0.549. The van der Waals surface area contributed by atoms with Crippen LogP contribution in [-0.4, -0.2) is 44.7 Å². The van der Waals surface area contributed by atoms with Gasteiger partial charge in [-0.3, -0.25) is 0 Å². The van der Waals surface area contributed by atoms with Gasteiger partial charge in [0.2, 0.25) is 10.0 Å². The lowest BCUT2D eigenvalue weighted by atomic mass is 9.63. The number of hydrogen-bond acceptors (Lipinski definition) is 3. The van der Waals surface area contributed by atoms with Crippen molar-refractivity contribution in [3.8, 4) is 0 Å². The van der Waals surface area contributed by atoms with Gasteiger partial charge in [0.05, 0.1) is 6.26 Å². The second-order valence-electron chi connectivity index (χ2n) is 7.22. The molecule has 118 valence electrons. The molecule has 0 radical (unpaired) electrons. The number of sulfonamides is 1. The predicted octanol–water partition coefficient (Wildman–Crippen LogP) is 2.22. The van der Waals surface area contributed by atoms with Crippen molar-refractivity contribution < 1.29 is 8.42 Å². The highest BCUT2D eigenvalue weighted by Gasteiger charge is 2.40. The van der Waals surface area contributed by atoms with E-state index in [1.807, 2.05) is 0 Å². The van der Waals surface area contributed by atoms with E-state index in [1.54, 1.807) is 4.31 Å². The monoisotopic (exact) mass is 302 g/mol. The lowest BCUT2D eigenvalue weighted by Gasteiger charge is -2.46. The summed E-state index contributed by atoms with van der Waals surface area (Å²) < 4.78 is 25.1. The summed E-state index contributed by atoms with van der Waals surface area (Å²) in [5.41, 5.74) is 0.440. The van der Waals surface area contributed by atoms with Crippen molar-refractivity contribution in [3.05, 3.63) is 0 Å². The Labute approximate surface area is 124 Å². The summed E-state index contributed by atoms with van der Waals surface area (Å²) in [7, 11) is -3.01. The summed E-state index contributed by atoms with van der Waals surface area (Å²) in [6, 6.07) is 0.534. The maximum absolute atomic E-state index is 11.7. The van der Waals surface area contributed by atoms with Crippen LogP contribution in [0.1, 0.15) is 52.4 Å². The topological polar surface area (TPSA) is 49.4 Å². The maximum Gasteiger partial charge on any atom is 0.211 e. The van der Waals surface area contributed by atoms with E-state index in [9.17, 15) is 8.42 Å².